The van der Waals surface area contributed by atoms with Crippen LogP contribution < -0.4 is 5.73 Å². The van der Waals surface area contributed by atoms with Crippen LogP contribution in [0.4, 0.5) is 0 Å². The number of allylic oxidation sites excluding steroid dienone is 12. The number of ether oxygens (including phenoxy) is 2. The van der Waals surface area contributed by atoms with E-state index < -0.39 is 26.5 Å². The Morgan fingerprint density at radius 3 is 1.12 bits per heavy atom. The number of carbonyl (C=O) groups excluding carboxylic acids is 2. The second-order valence-corrected chi connectivity index (χ2v) is 21.7. The second-order valence-electron chi connectivity index (χ2n) is 20.2. The van der Waals surface area contributed by atoms with Crippen LogP contribution in [0.1, 0.15) is 284 Å². The van der Waals surface area contributed by atoms with Crippen LogP contribution in [0, 0.1) is 0 Å². The molecule has 3 N–H and O–H groups in total. The van der Waals surface area contributed by atoms with E-state index in [4.69, 9.17) is 24.3 Å². The van der Waals surface area contributed by atoms with E-state index in [1.54, 1.807) is 0 Å². The maximum atomic E-state index is 12.7. The first-order valence-electron chi connectivity index (χ1n) is 30.4. The molecule has 2 atom stereocenters. The second kappa shape index (κ2) is 58.7. The molecule has 0 bridgehead atoms. The third-order valence-electron chi connectivity index (χ3n) is 13.1. The maximum Gasteiger partial charge on any atom is 0.472 e. The van der Waals surface area contributed by atoms with Gasteiger partial charge >= 0.3 is 19.8 Å². The van der Waals surface area contributed by atoms with Gasteiger partial charge in [0.15, 0.2) is 6.10 Å². The van der Waals surface area contributed by atoms with Crippen LogP contribution in [0.2, 0.25) is 0 Å². The first-order valence-corrected chi connectivity index (χ1v) is 31.9. The number of hydrogen-bond donors (Lipinski definition) is 2. The van der Waals surface area contributed by atoms with Gasteiger partial charge in [-0.15, -0.1) is 0 Å². The average Bonchev–Trinajstić information content (AvgIpc) is 3.38. The molecule has 0 saturated heterocycles. The molecular formula is C63H114NO8P. The molecule has 0 aromatic carbocycles. The summed E-state index contributed by atoms with van der Waals surface area (Å²) in [6.07, 6.45) is 75.6. The summed E-state index contributed by atoms with van der Waals surface area (Å²) < 4.78 is 33.0. The van der Waals surface area contributed by atoms with Crippen molar-refractivity contribution in [2.45, 2.75) is 290 Å². The molecule has 0 amide bonds. The van der Waals surface area contributed by atoms with Gasteiger partial charge in [-0.05, 0) is 64.2 Å². The van der Waals surface area contributed by atoms with Crippen molar-refractivity contribution >= 4 is 19.8 Å². The van der Waals surface area contributed by atoms with Gasteiger partial charge in [0.2, 0.25) is 0 Å². The molecular weight excluding hydrogens is 930 g/mol. The fraction of sp³-hybridized carbons (Fsp3) is 0.778. The third kappa shape index (κ3) is 58.6. The fourth-order valence-electron chi connectivity index (χ4n) is 8.64. The Bertz CT molecular complexity index is 1420. The molecule has 0 heterocycles. The fourth-order valence-corrected chi connectivity index (χ4v) is 9.41. The van der Waals surface area contributed by atoms with Crippen LogP contribution in [-0.2, 0) is 32.7 Å². The summed E-state index contributed by atoms with van der Waals surface area (Å²) in [4.78, 5) is 35.2. The van der Waals surface area contributed by atoms with Gasteiger partial charge in [-0.25, -0.2) is 4.57 Å². The molecule has 424 valence electrons. The quantitative estimate of drug-likeness (QED) is 0.0264. The summed E-state index contributed by atoms with van der Waals surface area (Å²) >= 11 is 0. The Morgan fingerprint density at radius 1 is 0.425 bits per heavy atom. The highest BCUT2D eigenvalue weighted by molar-refractivity contribution is 7.47. The van der Waals surface area contributed by atoms with Gasteiger partial charge < -0.3 is 20.1 Å². The molecule has 0 aromatic heterocycles. The van der Waals surface area contributed by atoms with Crippen LogP contribution in [0.15, 0.2) is 72.9 Å². The number of nitrogens with two attached hydrogens (primary N) is 1. The largest absolute Gasteiger partial charge is 0.472 e. The Balaban J connectivity index is 3.94. The van der Waals surface area contributed by atoms with Gasteiger partial charge in [-0.2, -0.15) is 0 Å². The highest BCUT2D eigenvalue weighted by Crippen LogP contribution is 2.43. The van der Waals surface area contributed by atoms with Crippen molar-refractivity contribution < 1.29 is 37.6 Å². The summed E-state index contributed by atoms with van der Waals surface area (Å²) in [6.45, 7) is 3.61. The summed E-state index contributed by atoms with van der Waals surface area (Å²) in [5.74, 6) is -0.872. The lowest BCUT2D eigenvalue weighted by molar-refractivity contribution is -0.161. The molecule has 73 heavy (non-hydrogen) atoms. The van der Waals surface area contributed by atoms with Crippen molar-refractivity contribution in [3.8, 4) is 0 Å². The summed E-state index contributed by atoms with van der Waals surface area (Å²) in [6, 6.07) is 0. The molecule has 0 aliphatic heterocycles. The maximum absolute atomic E-state index is 12.7. The SMILES string of the molecule is CC/C=C\C/C=C\C/C=C\C/C=C\C/C=C\C/C=C\CCCCC(=O)OC(COC(=O)CCCCCCCCCCCCCCCCCCCCCCCCCCCCCCCCC)COP(=O)(O)OCCN. The normalized spacial score (nSPS) is 13.5. The van der Waals surface area contributed by atoms with Crippen molar-refractivity contribution in [2.75, 3.05) is 26.4 Å². The zero-order valence-electron chi connectivity index (χ0n) is 47.4. The van der Waals surface area contributed by atoms with E-state index >= 15 is 0 Å². The van der Waals surface area contributed by atoms with E-state index in [-0.39, 0.29) is 38.6 Å². The van der Waals surface area contributed by atoms with Crippen LogP contribution in [-0.4, -0.2) is 49.3 Å². The highest BCUT2D eigenvalue weighted by Gasteiger charge is 2.26. The molecule has 0 aliphatic carbocycles. The predicted molar refractivity (Wildman–Crippen MR) is 312 cm³/mol. The standard InChI is InChI=1S/C63H114NO8P/c1-3-5-7-9-11-13-15-17-19-21-23-25-26-27-28-29-30-31-32-33-34-36-37-39-41-43-45-47-49-51-53-55-62(65)69-59-61(60-71-73(67,68)70-58-57-64)72-63(66)56-54-52-50-48-46-44-42-40-38-35-24-22-20-18-16-14-12-10-8-6-4-2/h6,8,12,14,18,20,24,35,40,42,46,48,61H,3-5,7,9-11,13,15-17,19,21-23,25-34,36-39,41,43-45,47,49-60,64H2,1-2H3,(H,67,68)/b8-6-,14-12-,20-18-,35-24-,42-40-,48-46-. The van der Waals surface area contributed by atoms with Crippen molar-refractivity contribution in [1.29, 1.82) is 0 Å². The van der Waals surface area contributed by atoms with Crippen molar-refractivity contribution in [1.82, 2.24) is 0 Å². The molecule has 10 heteroatoms. The Hall–Kier alpha value is -2.55. The molecule has 9 nitrogen and oxygen atoms in total. The van der Waals surface area contributed by atoms with Crippen molar-refractivity contribution in [2.24, 2.45) is 5.73 Å². The summed E-state index contributed by atoms with van der Waals surface area (Å²) in [7, 11) is -4.40. The lowest BCUT2D eigenvalue weighted by Gasteiger charge is -2.19. The zero-order chi connectivity index (χ0) is 53.1. The Morgan fingerprint density at radius 2 is 0.753 bits per heavy atom. The monoisotopic (exact) mass is 1040 g/mol. The number of esters is 2. The average molecular weight is 1040 g/mol. The number of phosphoric ester groups is 1. The highest BCUT2D eigenvalue weighted by atomic mass is 31.2. The Kier molecular flexibility index (Phi) is 56.7. The summed E-state index contributed by atoms with van der Waals surface area (Å²) in [5.41, 5.74) is 5.38. The van der Waals surface area contributed by atoms with E-state index in [1.807, 2.05) is 0 Å². The van der Waals surface area contributed by atoms with Crippen LogP contribution in [0.25, 0.3) is 0 Å². The number of rotatable bonds is 57. The van der Waals surface area contributed by atoms with E-state index in [2.05, 4.69) is 86.8 Å². The first kappa shape index (κ1) is 70.5. The van der Waals surface area contributed by atoms with E-state index in [1.165, 1.54) is 180 Å². The van der Waals surface area contributed by atoms with Gasteiger partial charge in [0.05, 0.1) is 13.2 Å². The molecule has 0 aromatic rings. The van der Waals surface area contributed by atoms with Crippen LogP contribution in [0.3, 0.4) is 0 Å². The number of unbranched alkanes of at least 4 members (excludes halogenated alkanes) is 32. The summed E-state index contributed by atoms with van der Waals surface area (Å²) in [5, 5.41) is 0. The van der Waals surface area contributed by atoms with Crippen LogP contribution in [0.5, 0.6) is 0 Å². The minimum absolute atomic E-state index is 0.0439. The number of carbonyl (C=O) groups is 2. The predicted octanol–water partition coefficient (Wildman–Crippen LogP) is 19.3. The lowest BCUT2D eigenvalue weighted by atomic mass is 10.0. The topological polar surface area (TPSA) is 134 Å². The lowest BCUT2D eigenvalue weighted by Crippen LogP contribution is -2.29. The van der Waals surface area contributed by atoms with Gasteiger partial charge in [-0.1, -0.05) is 279 Å². The van der Waals surface area contributed by atoms with Crippen molar-refractivity contribution in [3.05, 3.63) is 72.9 Å². The minimum Gasteiger partial charge on any atom is -0.462 e. The minimum atomic E-state index is -4.40. The molecule has 0 aliphatic rings. The zero-order valence-corrected chi connectivity index (χ0v) is 48.3. The van der Waals surface area contributed by atoms with Gasteiger partial charge in [0, 0.05) is 19.4 Å². The van der Waals surface area contributed by atoms with Gasteiger partial charge in [-0.3, -0.25) is 18.6 Å². The van der Waals surface area contributed by atoms with E-state index in [0.29, 0.717) is 6.42 Å². The van der Waals surface area contributed by atoms with Crippen LogP contribution >= 0.6 is 7.82 Å². The Labute approximate surface area is 450 Å². The molecule has 0 rings (SSSR count). The van der Waals surface area contributed by atoms with Gasteiger partial charge in [0.1, 0.15) is 6.61 Å². The third-order valence-corrected chi connectivity index (χ3v) is 14.1. The van der Waals surface area contributed by atoms with E-state index in [9.17, 15) is 19.0 Å². The molecule has 2 unspecified atom stereocenters. The molecule has 0 spiro atoms. The van der Waals surface area contributed by atoms with E-state index in [0.717, 1.165) is 70.6 Å². The van der Waals surface area contributed by atoms with Gasteiger partial charge in [0.25, 0.3) is 0 Å². The van der Waals surface area contributed by atoms with Crippen molar-refractivity contribution in [3.63, 3.8) is 0 Å². The molecule has 0 saturated carbocycles. The smallest absolute Gasteiger partial charge is 0.462 e. The first-order chi connectivity index (χ1) is 35.8. The number of hydrogen-bond acceptors (Lipinski definition) is 8. The molecule has 0 radical (unpaired) electrons. The molecule has 0 fully saturated rings. The number of phosphoric acid groups is 1.